The molecule has 1 amide bonds. The molecule has 30 heavy (non-hydrogen) atoms. The molecule has 0 saturated carbocycles. The minimum atomic E-state index is -0.516. The molecule has 2 aromatic carbocycles. The maximum atomic E-state index is 12.4. The molecule has 0 saturated heterocycles. The Balaban J connectivity index is 1.60. The number of hydrazone groups is 1. The molecule has 2 aromatic rings. The van der Waals surface area contributed by atoms with Gasteiger partial charge in [0.05, 0.1) is 23.8 Å². The maximum absolute atomic E-state index is 12.4. The molecule has 150 valence electrons. The first-order valence-corrected chi connectivity index (χ1v) is 9.74. The molecule has 9 heteroatoms. The maximum Gasteiger partial charge on any atom is 0.343 e. The molecule has 2 aliphatic heterocycles. The van der Waals surface area contributed by atoms with Crippen molar-refractivity contribution in [1.29, 1.82) is 5.41 Å². The summed E-state index contributed by atoms with van der Waals surface area (Å²) in [6, 6.07) is 11.9. The number of carbonyl (C=O) groups is 2. The van der Waals surface area contributed by atoms with Crippen LogP contribution in [-0.4, -0.2) is 40.5 Å². The van der Waals surface area contributed by atoms with E-state index < -0.39 is 11.9 Å². The van der Waals surface area contributed by atoms with Crippen LogP contribution >= 0.6 is 11.8 Å². The van der Waals surface area contributed by atoms with Gasteiger partial charge in [0, 0.05) is 0 Å². The molecule has 0 aliphatic carbocycles. The van der Waals surface area contributed by atoms with Crippen LogP contribution in [0.4, 0.5) is 0 Å². The van der Waals surface area contributed by atoms with Gasteiger partial charge in [0.1, 0.15) is 0 Å². The van der Waals surface area contributed by atoms with Crippen molar-refractivity contribution < 1.29 is 19.1 Å². The summed E-state index contributed by atoms with van der Waals surface area (Å²) in [6.45, 7) is 1.89. The number of amidine groups is 2. The van der Waals surface area contributed by atoms with Crippen LogP contribution in [0.1, 0.15) is 21.5 Å². The third-order valence-corrected chi connectivity index (χ3v) is 5.03. The molecule has 1 N–H and O–H groups in total. The number of amides is 1. The fourth-order valence-electron chi connectivity index (χ4n) is 2.89. The first-order chi connectivity index (χ1) is 14.5. The Hall–Kier alpha value is -3.72. The number of methoxy groups -OCH3 is 1. The third-order valence-electron chi connectivity index (χ3n) is 4.35. The number of rotatable bonds is 4. The highest BCUT2D eigenvalue weighted by Crippen LogP contribution is 2.31. The molecule has 0 spiro atoms. The van der Waals surface area contributed by atoms with Crippen molar-refractivity contribution in [3.05, 3.63) is 64.7 Å². The van der Waals surface area contributed by atoms with E-state index in [1.54, 1.807) is 36.4 Å². The van der Waals surface area contributed by atoms with Crippen molar-refractivity contribution in [2.24, 2.45) is 10.1 Å². The van der Waals surface area contributed by atoms with Gasteiger partial charge in [-0.25, -0.2) is 4.79 Å². The van der Waals surface area contributed by atoms with Gasteiger partial charge in [0.2, 0.25) is 0 Å². The fraction of sp³-hybridized carbons (Fsp3) is 0.0952. The second kappa shape index (κ2) is 7.96. The lowest BCUT2D eigenvalue weighted by Crippen LogP contribution is -2.35. The Morgan fingerprint density at radius 2 is 2.03 bits per heavy atom. The number of thioether (sulfide) groups is 1. The summed E-state index contributed by atoms with van der Waals surface area (Å²) in [6.07, 6.45) is 1.53. The van der Waals surface area contributed by atoms with Gasteiger partial charge in [-0.05, 0) is 54.6 Å². The average molecular weight is 420 g/mol. The van der Waals surface area contributed by atoms with E-state index in [2.05, 4.69) is 10.1 Å². The average Bonchev–Trinajstić information content (AvgIpc) is 3.20. The van der Waals surface area contributed by atoms with E-state index in [1.165, 1.54) is 35.5 Å². The lowest BCUT2D eigenvalue weighted by molar-refractivity contribution is -0.114. The molecule has 0 unspecified atom stereocenters. The first-order valence-electron chi connectivity index (χ1n) is 8.86. The topological polar surface area (TPSA) is 104 Å². The summed E-state index contributed by atoms with van der Waals surface area (Å²) in [5.41, 5.74) is 3.59. The zero-order valence-corrected chi connectivity index (χ0v) is 16.9. The summed E-state index contributed by atoms with van der Waals surface area (Å²) >= 11 is 1.18. The minimum absolute atomic E-state index is 0.0554. The summed E-state index contributed by atoms with van der Waals surface area (Å²) in [5.74, 6) is -0.506. The lowest BCUT2D eigenvalue weighted by Gasteiger charge is -2.20. The molecular weight excluding hydrogens is 404 g/mol. The molecule has 0 fully saturated rings. The molecule has 2 heterocycles. The molecule has 0 aromatic heterocycles. The molecule has 8 nitrogen and oxygen atoms in total. The first kappa shape index (κ1) is 19.6. The van der Waals surface area contributed by atoms with Crippen molar-refractivity contribution in [1.82, 2.24) is 5.01 Å². The van der Waals surface area contributed by atoms with Crippen molar-refractivity contribution in [2.75, 3.05) is 7.11 Å². The van der Waals surface area contributed by atoms with E-state index in [0.29, 0.717) is 22.0 Å². The van der Waals surface area contributed by atoms with Gasteiger partial charge >= 0.3 is 5.97 Å². The monoisotopic (exact) mass is 420 g/mol. The number of ether oxygens (including phenoxy) is 2. The summed E-state index contributed by atoms with van der Waals surface area (Å²) in [5, 5.41) is 13.9. The SMILES string of the molecule is COc1cc(/C=C2\C(=N)N3N=CSC3=NC2=O)ccc1OC(=O)c1cccc(C)c1. The second-order valence-electron chi connectivity index (χ2n) is 6.43. The van der Waals surface area contributed by atoms with Crippen LogP contribution in [0.2, 0.25) is 0 Å². The van der Waals surface area contributed by atoms with Crippen LogP contribution in [0.5, 0.6) is 11.5 Å². The van der Waals surface area contributed by atoms with Crippen molar-refractivity contribution in [3.8, 4) is 11.5 Å². The number of nitrogens with one attached hydrogen (secondary N) is 1. The van der Waals surface area contributed by atoms with Crippen LogP contribution in [-0.2, 0) is 4.79 Å². The summed E-state index contributed by atoms with van der Waals surface area (Å²) in [4.78, 5) is 28.7. The third kappa shape index (κ3) is 3.74. The van der Waals surface area contributed by atoms with E-state index in [1.807, 2.05) is 13.0 Å². The molecule has 4 rings (SSSR count). The lowest BCUT2D eigenvalue weighted by atomic mass is 10.1. The van der Waals surface area contributed by atoms with Crippen molar-refractivity contribution in [3.63, 3.8) is 0 Å². The number of aryl methyl sites for hydroxylation is 1. The molecule has 2 aliphatic rings. The summed E-state index contributed by atoms with van der Waals surface area (Å²) in [7, 11) is 1.46. The fourth-order valence-corrected chi connectivity index (χ4v) is 3.50. The van der Waals surface area contributed by atoms with E-state index >= 15 is 0 Å². The van der Waals surface area contributed by atoms with E-state index in [-0.39, 0.29) is 17.2 Å². The number of carbonyl (C=O) groups excluding carboxylic acids is 2. The van der Waals surface area contributed by atoms with Crippen LogP contribution in [0.15, 0.2) is 58.1 Å². The van der Waals surface area contributed by atoms with E-state index in [9.17, 15) is 9.59 Å². The number of nitrogens with zero attached hydrogens (tertiary/aromatic N) is 3. The Labute approximate surface area is 176 Å². The zero-order valence-electron chi connectivity index (χ0n) is 16.1. The highest BCUT2D eigenvalue weighted by molar-refractivity contribution is 8.25. The summed E-state index contributed by atoms with van der Waals surface area (Å²) < 4.78 is 10.8. The van der Waals surface area contributed by atoms with Crippen LogP contribution in [0, 0.1) is 12.3 Å². The number of aliphatic imine (C=N–C) groups is 1. The van der Waals surface area contributed by atoms with Gasteiger partial charge in [0.25, 0.3) is 5.91 Å². The highest BCUT2D eigenvalue weighted by Gasteiger charge is 2.32. The Morgan fingerprint density at radius 1 is 1.20 bits per heavy atom. The van der Waals surface area contributed by atoms with Gasteiger partial charge in [0.15, 0.2) is 22.5 Å². The number of hydrogen-bond acceptors (Lipinski definition) is 7. The zero-order chi connectivity index (χ0) is 21.3. The van der Waals surface area contributed by atoms with Gasteiger partial charge in [-0.1, -0.05) is 23.8 Å². The largest absolute Gasteiger partial charge is 0.493 e. The van der Waals surface area contributed by atoms with Gasteiger partial charge in [-0.15, -0.1) is 0 Å². The number of esters is 1. The quantitative estimate of drug-likeness (QED) is 0.461. The van der Waals surface area contributed by atoms with E-state index in [4.69, 9.17) is 14.9 Å². The van der Waals surface area contributed by atoms with Gasteiger partial charge in [-0.3, -0.25) is 10.2 Å². The number of hydrogen-bond donors (Lipinski definition) is 1. The molecule has 0 bridgehead atoms. The normalized spacial score (nSPS) is 16.5. The highest BCUT2D eigenvalue weighted by atomic mass is 32.2. The molecule has 0 radical (unpaired) electrons. The van der Waals surface area contributed by atoms with Crippen LogP contribution in [0.3, 0.4) is 0 Å². The van der Waals surface area contributed by atoms with Crippen molar-refractivity contribution >= 4 is 46.3 Å². The second-order valence-corrected chi connectivity index (χ2v) is 7.24. The van der Waals surface area contributed by atoms with Gasteiger partial charge in [-0.2, -0.15) is 15.1 Å². The minimum Gasteiger partial charge on any atom is -0.493 e. The molecular formula is C21H16N4O4S. The standard InChI is InChI=1S/C21H16N4O4S/c1-12-4-3-5-14(8-12)20(27)29-16-7-6-13(10-17(16)28-2)9-15-18(22)25-21(24-19(15)26)30-11-23-25/h3-11,22H,1-2H3/b15-9+,22-18?. The van der Waals surface area contributed by atoms with E-state index in [0.717, 1.165) is 5.56 Å². The van der Waals surface area contributed by atoms with Crippen LogP contribution < -0.4 is 9.47 Å². The van der Waals surface area contributed by atoms with Crippen molar-refractivity contribution in [2.45, 2.75) is 6.92 Å². The predicted octanol–water partition coefficient (Wildman–Crippen LogP) is 3.47. The Morgan fingerprint density at radius 3 is 2.80 bits per heavy atom. The number of fused-ring (bicyclic) bond motifs is 1. The molecule has 0 atom stereocenters. The van der Waals surface area contributed by atoms with Crippen LogP contribution in [0.25, 0.3) is 6.08 Å². The predicted molar refractivity (Wildman–Crippen MR) is 115 cm³/mol. The Bertz CT molecular complexity index is 1170. The van der Waals surface area contributed by atoms with Gasteiger partial charge < -0.3 is 9.47 Å². The number of benzene rings is 2. The Kier molecular flexibility index (Phi) is 5.20. The smallest absolute Gasteiger partial charge is 0.343 e.